The van der Waals surface area contributed by atoms with Crippen LogP contribution in [0.5, 0.6) is 11.5 Å². The Morgan fingerprint density at radius 1 is 1.05 bits per heavy atom. The number of nitrogens with one attached hydrogen (secondary N) is 1. The molecule has 5 nitrogen and oxygen atoms in total. The first kappa shape index (κ1) is 15.9. The minimum absolute atomic E-state index is 0.0348. The summed E-state index contributed by atoms with van der Waals surface area (Å²) in [7, 11) is 3.09. The predicted molar refractivity (Wildman–Crippen MR) is 86.5 cm³/mol. The maximum atomic E-state index is 12.3. The molecule has 116 valence electrons. The molecule has 0 radical (unpaired) electrons. The van der Waals surface area contributed by atoms with Crippen LogP contribution in [0.3, 0.4) is 0 Å². The molecule has 2 rings (SSSR count). The summed E-state index contributed by atoms with van der Waals surface area (Å²) in [5, 5.41) is 2.84. The lowest BCUT2D eigenvalue weighted by atomic mass is 10.1. The molecule has 0 heterocycles. The number of nitrogens with two attached hydrogens (primary N) is 1. The number of benzene rings is 2. The average Bonchev–Trinajstić information content (AvgIpc) is 2.54. The molecule has 0 aliphatic carbocycles. The largest absolute Gasteiger partial charge is 0.497 e. The van der Waals surface area contributed by atoms with Crippen LogP contribution in [-0.4, -0.2) is 20.1 Å². The monoisotopic (exact) mass is 300 g/mol. The van der Waals surface area contributed by atoms with Crippen molar-refractivity contribution in [2.24, 2.45) is 5.73 Å². The van der Waals surface area contributed by atoms with Crippen LogP contribution in [0, 0.1) is 0 Å². The van der Waals surface area contributed by atoms with Crippen LogP contribution in [0.2, 0.25) is 0 Å². The number of hydrogen-bond acceptors (Lipinski definition) is 4. The van der Waals surface area contributed by atoms with Crippen LogP contribution in [0.25, 0.3) is 0 Å². The normalized spacial score (nSPS) is 11.6. The van der Waals surface area contributed by atoms with E-state index in [1.165, 1.54) is 0 Å². The summed E-state index contributed by atoms with van der Waals surface area (Å²) in [4.78, 5) is 12.3. The van der Waals surface area contributed by atoms with Gasteiger partial charge in [-0.2, -0.15) is 0 Å². The zero-order chi connectivity index (χ0) is 16.1. The molecule has 1 amide bonds. The Morgan fingerprint density at radius 2 is 1.59 bits per heavy atom. The molecule has 0 fully saturated rings. The number of ether oxygens (including phenoxy) is 2. The zero-order valence-corrected chi connectivity index (χ0v) is 12.9. The van der Waals surface area contributed by atoms with E-state index in [0.29, 0.717) is 22.7 Å². The van der Waals surface area contributed by atoms with Crippen LogP contribution in [-0.2, 0) is 0 Å². The maximum Gasteiger partial charge on any atom is 0.255 e. The molecular weight excluding hydrogens is 280 g/mol. The second kappa shape index (κ2) is 6.95. The van der Waals surface area contributed by atoms with Gasteiger partial charge in [-0.3, -0.25) is 4.79 Å². The number of methoxy groups -OCH3 is 2. The molecule has 3 N–H and O–H groups in total. The Hall–Kier alpha value is -2.53. The molecule has 0 saturated heterocycles. The number of anilines is 1. The van der Waals surface area contributed by atoms with E-state index in [1.54, 1.807) is 32.4 Å². The lowest BCUT2D eigenvalue weighted by molar-refractivity contribution is 0.102. The first-order valence-electron chi connectivity index (χ1n) is 6.93. The summed E-state index contributed by atoms with van der Waals surface area (Å²) in [5.74, 6) is 0.902. The molecule has 0 saturated carbocycles. The van der Waals surface area contributed by atoms with Crippen molar-refractivity contribution in [3.8, 4) is 11.5 Å². The van der Waals surface area contributed by atoms with Crippen molar-refractivity contribution < 1.29 is 14.3 Å². The van der Waals surface area contributed by atoms with Gasteiger partial charge in [0.15, 0.2) is 0 Å². The minimum atomic E-state index is -0.231. The highest BCUT2D eigenvalue weighted by molar-refractivity contribution is 6.04. The van der Waals surface area contributed by atoms with E-state index < -0.39 is 0 Å². The molecule has 0 aliphatic rings. The van der Waals surface area contributed by atoms with E-state index in [-0.39, 0.29) is 11.9 Å². The quantitative estimate of drug-likeness (QED) is 0.890. The van der Waals surface area contributed by atoms with Crippen molar-refractivity contribution >= 4 is 11.6 Å². The molecule has 1 unspecified atom stereocenters. The third-order valence-electron chi connectivity index (χ3n) is 3.31. The van der Waals surface area contributed by atoms with Gasteiger partial charge in [-0.1, -0.05) is 12.1 Å². The second-order valence-electron chi connectivity index (χ2n) is 4.97. The molecule has 0 bridgehead atoms. The van der Waals surface area contributed by atoms with Crippen molar-refractivity contribution in [1.29, 1.82) is 0 Å². The number of amides is 1. The molecular formula is C17H20N2O3. The summed E-state index contributed by atoms with van der Waals surface area (Å²) < 4.78 is 10.3. The van der Waals surface area contributed by atoms with Crippen molar-refractivity contribution in [3.63, 3.8) is 0 Å². The molecule has 0 spiro atoms. The van der Waals surface area contributed by atoms with E-state index in [4.69, 9.17) is 15.2 Å². The molecule has 22 heavy (non-hydrogen) atoms. The molecule has 1 atom stereocenters. The van der Waals surface area contributed by atoms with Gasteiger partial charge in [-0.05, 0) is 36.8 Å². The summed E-state index contributed by atoms with van der Waals surface area (Å²) in [6, 6.07) is 12.4. The van der Waals surface area contributed by atoms with Gasteiger partial charge >= 0.3 is 0 Å². The summed E-state index contributed by atoms with van der Waals surface area (Å²) >= 11 is 0. The van der Waals surface area contributed by atoms with Crippen molar-refractivity contribution in [2.45, 2.75) is 13.0 Å². The summed E-state index contributed by atoms with van der Waals surface area (Å²) in [6.45, 7) is 1.91. The molecule has 5 heteroatoms. The topological polar surface area (TPSA) is 73.6 Å². The maximum absolute atomic E-state index is 12.3. The number of carbonyl (C=O) groups is 1. The van der Waals surface area contributed by atoms with Gasteiger partial charge in [-0.15, -0.1) is 0 Å². The lowest BCUT2D eigenvalue weighted by Gasteiger charge is -2.10. The van der Waals surface area contributed by atoms with Gasteiger partial charge in [0.1, 0.15) is 11.5 Å². The fraction of sp³-hybridized carbons (Fsp3) is 0.235. The van der Waals surface area contributed by atoms with Crippen LogP contribution in [0.15, 0.2) is 42.5 Å². The minimum Gasteiger partial charge on any atom is -0.497 e. The Bertz CT molecular complexity index is 629. The Kier molecular flexibility index (Phi) is 5.01. The van der Waals surface area contributed by atoms with Crippen molar-refractivity contribution in [1.82, 2.24) is 0 Å². The van der Waals surface area contributed by atoms with E-state index in [0.717, 1.165) is 5.56 Å². The number of carbonyl (C=O) groups excluding carboxylic acids is 1. The predicted octanol–water partition coefficient (Wildman–Crippen LogP) is 2.98. The van der Waals surface area contributed by atoms with Gasteiger partial charge in [0.2, 0.25) is 0 Å². The van der Waals surface area contributed by atoms with Gasteiger partial charge in [0.05, 0.1) is 14.2 Å². The van der Waals surface area contributed by atoms with Crippen molar-refractivity contribution in [2.75, 3.05) is 19.5 Å². The Balaban J connectivity index is 2.18. The van der Waals surface area contributed by atoms with Gasteiger partial charge < -0.3 is 20.5 Å². The highest BCUT2D eigenvalue weighted by atomic mass is 16.5. The van der Waals surface area contributed by atoms with Crippen LogP contribution in [0.1, 0.15) is 28.9 Å². The highest BCUT2D eigenvalue weighted by Gasteiger charge is 2.10. The second-order valence-corrected chi connectivity index (χ2v) is 4.97. The van der Waals surface area contributed by atoms with E-state index >= 15 is 0 Å². The number of hydrogen-bond donors (Lipinski definition) is 2. The average molecular weight is 300 g/mol. The van der Waals surface area contributed by atoms with Crippen LogP contribution < -0.4 is 20.5 Å². The van der Waals surface area contributed by atoms with Crippen molar-refractivity contribution in [3.05, 3.63) is 53.6 Å². The first-order chi connectivity index (χ1) is 10.5. The highest BCUT2D eigenvalue weighted by Crippen LogP contribution is 2.23. The number of rotatable bonds is 5. The van der Waals surface area contributed by atoms with Gasteiger partial charge in [0, 0.05) is 23.4 Å². The van der Waals surface area contributed by atoms with E-state index in [2.05, 4.69) is 5.32 Å². The Labute approximate surface area is 130 Å². The molecule has 2 aromatic carbocycles. The molecule has 0 aromatic heterocycles. The lowest BCUT2D eigenvalue weighted by Crippen LogP contribution is -2.12. The first-order valence-corrected chi connectivity index (χ1v) is 6.93. The fourth-order valence-electron chi connectivity index (χ4n) is 2.01. The van der Waals surface area contributed by atoms with Gasteiger partial charge in [-0.25, -0.2) is 0 Å². The van der Waals surface area contributed by atoms with Gasteiger partial charge in [0.25, 0.3) is 5.91 Å². The smallest absolute Gasteiger partial charge is 0.255 e. The molecule has 0 aliphatic heterocycles. The zero-order valence-electron chi connectivity index (χ0n) is 12.9. The fourth-order valence-corrected chi connectivity index (χ4v) is 2.01. The third kappa shape index (κ3) is 3.77. The van der Waals surface area contributed by atoms with E-state index in [1.807, 2.05) is 31.2 Å². The summed E-state index contributed by atoms with van der Waals surface area (Å²) in [5.41, 5.74) is 7.99. The van der Waals surface area contributed by atoms with E-state index in [9.17, 15) is 4.79 Å². The van der Waals surface area contributed by atoms with Crippen LogP contribution in [0.4, 0.5) is 5.69 Å². The molecule has 2 aromatic rings. The van der Waals surface area contributed by atoms with Crippen LogP contribution >= 0.6 is 0 Å². The Morgan fingerprint density at radius 3 is 2.05 bits per heavy atom. The SMILES string of the molecule is COc1cc(OC)cc(C(=O)Nc2ccc(C(C)N)cc2)c1. The standard InChI is InChI=1S/C17H20N2O3/c1-11(18)12-4-6-14(7-5-12)19-17(20)13-8-15(21-2)10-16(9-13)22-3/h4-11H,18H2,1-3H3,(H,19,20). The summed E-state index contributed by atoms with van der Waals surface area (Å²) in [6.07, 6.45) is 0. The third-order valence-corrected chi connectivity index (χ3v) is 3.31.